The van der Waals surface area contributed by atoms with Crippen LogP contribution in [0.2, 0.25) is 0 Å². The standard InChI is InChI=1S/C13H16N2O2S/c1-8(2)13(3,12(16)17)7-10-15-9-5-4-6-14-11(9)18-10/h4-6,8H,7H2,1-3H3,(H,16,17). The Labute approximate surface area is 110 Å². The molecule has 1 atom stereocenters. The normalized spacial score (nSPS) is 14.9. The molecule has 0 spiro atoms. The molecule has 0 saturated carbocycles. The summed E-state index contributed by atoms with van der Waals surface area (Å²) in [6, 6.07) is 3.74. The number of rotatable bonds is 4. The Balaban J connectivity index is 2.35. The first kappa shape index (κ1) is 13.0. The molecule has 0 radical (unpaired) electrons. The fourth-order valence-electron chi connectivity index (χ4n) is 1.73. The molecule has 0 fully saturated rings. The van der Waals surface area contributed by atoms with E-state index >= 15 is 0 Å². The van der Waals surface area contributed by atoms with Crippen molar-refractivity contribution in [3.63, 3.8) is 0 Å². The van der Waals surface area contributed by atoms with Crippen LogP contribution in [0.3, 0.4) is 0 Å². The van der Waals surface area contributed by atoms with E-state index in [4.69, 9.17) is 0 Å². The number of carboxylic acid groups (broad SMARTS) is 1. The third kappa shape index (κ3) is 2.22. The third-order valence-corrected chi connectivity index (χ3v) is 4.47. The van der Waals surface area contributed by atoms with Crippen molar-refractivity contribution in [2.75, 3.05) is 0 Å². The molecule has 2 aromatic heterocycles. The van der Waals surface area contributed by atoms with Crippen molar-refractivity contribution in [3.05, 3.63) is 23.3 Å². The van der Waals surface area contributed by atoms with Crippen molar-refractivity contribution >= 4 is 27.7 Å². The summed E-state index contributed by atoms with van der Waals surface area (Å²) in [5.74, 6) is -0.723. The number of pyridine rings is 1. The summed E-state index contributed by atoms with van der Waals surface area (Å²) in [7, 11) is 0. The second-order valence-electron chi connectivity index (χ2n) is 4.99. The van der Waals surface area contributed by atoms with Crippen molar-refractivity contribution in [1.29, 1.82) is 0 Å². The molecule has 1 unspecified atom stereocenters. The maximum Gasteiger partial charge on any atom is 0.310 e. The summed E-state index contributed by atoms with van der Waals surface area (Å²) < 4.78 is 0. The molecule has 2 aromatic rings. The van der Waals surface area contributed by atoms with E-state index in [2.05, 4.69) is 9.97 Å². The number of hydrogen-bond acceptors (Lipinski definition) is 4. The van der Waals surface area contributed by atoms with Gasteiger partial charge in [0, 0.05) is 12.6 Å². The van der Waals surface area contributed by atoms with Gasteiger partial charge in [0.15, 0.2) is 0 Å². The van der Waals surface area contributed by atoms with E-state index in [1.54, 1.807) is 13.1 Å². The molecule has 2 heterocycles. The van der Waals surface area contributed by atoms with Gasteiger partial charge in [-0.25, -0.2) is 9.97 Å². The highest BCUT2D eigenvalue weighted by Crippen LogP contribution is 2.33. The number of hydrogen-bond donors (Lipinski definition) is 1. The second kappa shape index (κ2) is 4.65. The summed E-state index contributed by atoms with van der Waals surface area (Å²) >= 11 is 1.47. The topological polar surface area (TPSA) is 63.1 Å². The number of thiazole rings is 1. The van der Waals surface area contributed by atoms with Crippen LogP contribution in [0.5, 0.6) is 0 Å². The van der Waals surface area contributed by atoms with E-state index in [0.29, 0.717) is 6.42 Å². The first-order valence-electron chi connectivity index (χ1n) is 5.87. The minimum atomic E-state index is -0.784. The van der Waals surface area contributed by atoms with Crippen LogP contribution >= 0.6 is 11.3 Å². The zero-order valence-corrected chi connectivity index (χ0v) is 11.5. The van der Waals surface area contributed by atoms with E-state index in [0.717, 1.165) is 15.4 Å². The first-order chi connectivity index (χ1) is 8.43. The molecule has 1 N–H and O–H groups in total. The van der Waals surface area contributed by atoms with Crippen molar-refractivity contribution < 1.29 is 9.90 Å². The van der Waals surface area contributed by atoms with Gasteiger partial charge in [0.25, 0.3) is 0 Å². The fraction of sp³-hybridized carbons (Fsp3) is 0.462. The number of aliphatic carboxylic acids is 1. The van der Waals surface area contributed by atoms with Gasteiger partial charge in [-0.15, -0.1) is 0 Å². The average Bonchev–Trinajstić information content (AvgIpc) is 2.70. The Kier molecular flexibility index (Phi) is 3.34. The van der Waals surface area contributed by atoms with E-state index in [9.17, 15) is 9.90 Å². The Morgan fingerprint density at radius 1 is 1.56 bits per heavy atom. The lowest BCUT2D eigenvalue weighted by Gasteiger charge is -2.27. The highest BCUT2D eigenvalue weighted by molar-refractivity contribution is 7.18. The zero-order valence-electron chi connectivity index (χ0n) is 10.7. The summed E-state index contributed by atoms with van der Waals surface area (Å²) in [5, 5.41) is 10.2. The fourth-order valence-corrected chi connectivity index (χ4v) is 2.80. The number of fused-ring (bicyclic) bond motifs is 1. The van der Waals surface area contributed by atoms with Crippen molar-refractivity contribution in [1.82, 2.24) is 9.97 Å². The van der Waals surface area contributed by atoms with Gasteiger partial charge in [0.2, 0.25) is 0 Å². The molecule has 0 aliphatic rings. The SMILES string of the molecule is CC(C)C(C)(Cc1nc2cccnc2s1)C(=O)O. The predicted molar refractivity (Wildman–Crippen MR) is 71.7 cm³/mol. The van der Waals surface area contributed by atoms with Gasteiger partial charge in [-0.3, -0.25) is 4.79 Å². The second-order valence-corrected chi connectivity index (χ2v) is 6.05. The lowest BCUT2D eigenvalue weighted by Crippen LogP contribution is -2.35. The van der Waals surface area contributed by atoms with Crippen LogP contribution in [0.1, 0.15) is 25.8 Å². The minimum Gasteiger partial charge on any atom is -0.481 e. The van der Waals surface area contributed by atoms with Crippen LogP contribution in [-0.4, -0.2) is 21.0 Å². The Morgan fingerprint density at radius 2 is 2.28 bits per heavy atom. The van der Waals surface area contributed by atoms with Gasteiger partial charge in [-0.1, -0.05) is 25.2 Å². The highest BCUT2D eigenvalue weighted by Gasteiger charge is 2.37. The Hall–Kier alpha value is -1.49. The zero-order chi connectivity index (χ0) is 13.3. The number of nitrogens with zero attached hydrogens (tertiary/aromatic N) is 2. The van der Waals surface area contributed by atoms with Crippen LogP contribution in [-0.2, 0) is 11.2 Å². The highest BCUT2D eigenvalue weighted by atomic mass is 32.1. The molecule has 18 heavy (non-hydrogen) atoms. The maximum absolute atomic E-state index is 11.4. The maximum atomic E-state index is 11.4. The lowest BCUT2D eigenvalue weighted by molar-refractivity contribution is -0.150. The molecule has 96 valence electrons. The molecule has 0 aliphatic carbocycles. The van der Waals surface area contributed by atoms with Crippen LogP contribution < -0.4 is 0 Å². The van der Waals surface area contributed by atoms with Crippen LogP contribution in [0, 0.1) is 11.3 Å². The molecule has 5 heteroatoms. The first-order valence-corrected chi connectivity index (χ1v) is 6.69. The van der Waals surface area contributed by atoms with Gasteiger partial charge in [0.1, 0.15) is 10.3 Å². The summed E-state index contributed by atoms with van der Waals surface area (Å²) in [5.41, 5.74) is 0.0578. The lowest BCUT2D eigenvalue weighted by atomic mass is 9.76. The predicted octanol–water partition coefficient (Wildman–Crippen LogP) is 2.98. The van der Waals surface area contributed by atoms with Crippen LogP contribution in [0.25, 0.3) is 10.3 Å². The van der Waals surface area contributed by atoms with Crippen molar-refractivity contribution in [3.8, 4) is 0 Å². The third-order valence-electron chi connectivity index (χ3n) is 3.49. The molecule has 4 nitrogen and oxygen atoms in total. The van der Waals surface area contributed by atoms with Gasteiger partial charge in [-0.05, 0) is 25.0 Å². The Morgan fingerprint density at radius 3 is 2.83 bits per heavy atom. The van der Waals surface area contributed by atoms with Crippen LogP contribution in [0.4, 0.5) is 0 Å². The smallest absolute Gasteiger partial charge is 0.310 e. The monoisotopic (exact) mass is 264 g/mol. The van der Waals surface area contributed by atoms with Crippen LogP contribution in [0.15, 0.2) is 18.3 Å². The van der Waals surface area contributed by atoms with Gasteiger partial charge in [-0.2, -0.15) is 0 Å². The van der Waals surface area contributed by atoms with Crippen molar-refractivity contribution in [2.24, 2.45) is 11.3 Å². The molecular formula is C13H16N2O2S. The number of carboxylic acids is 1. The molecule has 2 rings (SSSR count). The molecule has 0 saturated heterocycles. The van der Waals surface area contributed by atoms with E-state index in [1.807, 2.05) is 26.0 Å². The summed E-state index contributed by atoms with van der Waals surface area (Å²) in [4.78, 5) is 21.0. The summed E-state index contributed by atoms with van der Waals surface area (Å²) in [6.07, 6.45) is 2.17. The molecule has 0 aliphatic heterocycles. The number of carbonyl (C=O) groups is 1. The van der Waals surface area contributed by atoms with Crippen molar-refractivity contribution in [2.45, 2.75) is 27.2 Å². The molecule has 0 bridgehead atoms. The molecule has 0 amide bonds. The largest absolute Gasteiger partial charge is 0.481 e. The minimum absolute atomic E-state index is 0.0509. The summed E-state index contributed by atoms with van der Waals surface area (Å²) in [6.45, 7) is 5.64. The average molecular weight is 264 g/mol. The number of aromatic nitrogens is 2. The quantitative estimate of drug-likeness (QED) is 0.922. The van der Waals surface area contributed by atoms with Gasteiger partial charge >= 0.3 is 5.97 Å². The molecule has 0 aromatic carbocycles. The van der Waals surface area contributed by atoms with Gasteiger partial charge < -0.3 is 5.11 Å². The van der Waals surface area contributed by atoms with E-state index in [-0.39, 0.29) is 5.92 Å². The van der Waals surface area contributed by atoms with Gasteiger partial charge in [0.05, 0.1) is 10.4 Å². The Bertz CT molecular complexity index is 546. The molecular weight excluding hydrogens is 248 g/mol. The van der Waals surface area contributed by atoms with E-state index < -0.39 is 11.4 Å². The van der Waals surface area contributed by atoms with E-state index in [1.165, 1.54) is 11.3 Å².